The monoisotopic (exact) mass is 259 g/mol. The van der Waals surface area contributed by atoms with Gasteiger partial charge in [-0.25, -0.2) is 0 Å². The molecule has 0 saturated heterocycles. The summed E-state index contributed by atoms with van der Waals surface area (Å²) in [5.74, 6) is 0. The highest BCUT2D eigenvalue weighted by Gasteiger charge is 2.11. The highest BCUT2D eigenvalue weighted by atomic mass is 15.1. The Labute approximate surface area is 119 Å². The van der Waals surface area contributed by atoms with Gasteiger partial charge in [-0.1, -0.05) is 45.4 Å². The average Bonchev–Trinajstić information content (AvgIpc) is 2.42. The molecule has 0 aliphatic heterocycles. The molecule has 0 radical (unpaired) electrons. The highest BCUT2D eigenvalue weighted by Crippen LogP contribution is 2.28. The van der Waals surface area contributed by atoms with Crippen LogP contribution in [-0.2, 0) is 0 Å². The molecule has 1 rings (SSSR count). The molecule has 19 heavy (non-hydrogen) atoms. The van der Waals surface area contributed by atoms with E-state index in [2.05, 4.69) is 51.3 Å². The van der Waals surface area contributed by atoms with Crippen LogP contribution in [0.4, 0.5) is 5.69 Å². The topological polar surface area (TPSA) is 3.24 Å². The molecule has 0 aromatic heterocycles. The van der Waals surface area contributed by atoms with Crippen molar-refractivity contribution in [2.24, 2.45) is 0 Å². The number of anilines is 1. The van der Waals surface area contributed by atoms with E-state index < -0.39 is 0 Å². The van der Waals surface area contributed by atoms with E-state index in [9.17, 15) is 0 Å². The number of unbranched alkanes of at least 4 members (excludes halogenated alkanes) is 2. The van der Waals surface area contributed by atoms with E-state index in [-0.39, 0.29) is 0 Å². The van der Waals surface area contributed by atoms with Crippen LogP contribution in [0.1, 0.15) is 56.2 Å². The van der Waals surface area contributed by atoms with Crippen molar-refractivity contribution < 1.29 is 0 Å². The lowest BCUT2D eigenvalue weighted by molar-refractivity contribution is 0.677. The third-order valence-corrected chi connectivity index (χ3v) is 3.87. The normalized spacial score (nSPS) is 10.5. The van der Waals surface area contributed by atoms with Gasteiger partial charge < -0.3 is 4.90 Å². The molecular formula is C18H29N. The van der Waals surface area contributed by atoms with E-state index in [0.29, 0.717) is 0 Å². The number of benzene rings is 1. The second kappa shape index (κ2) is 8.04. The lowest BCUT2D eigenvalue weighted by Gasteiger charge is -2.27. The standard InChI is InChI=1S/C18H29N/c1-6-9-13-19(14-10-7-2)18-12-11-15(4)16(5)17(18)8-3/h8,11-12H,3,6-7,9-10,13-14H2,1-2,4-5H3. The predicted molar refractivity (Wildman–Crippen MR) is 88.0 cm³/mol. The summed E-state index contributed by atoms with van der Waals surface area (Å²) >= 11 is 0. The second-order valence-electron chi connectivity index (χ2n) is 5.34. The van der Waals surface area contributed by atoms with Gasteiger partial charge in [-0.05, 0) is 43.9 Å². The van der Waals surface area contributed by atoms with E-state index in [1.54, 1.807) is 0 Å². The fraction of sp³-hybridized carbons (Fsp3) is 0.556. The maximum Gasteiger partial charge on any atom is 0.0442 e. The van der Waals surface area contributed by atoms with Gasteiger partial charge in [0.05, 0.1) is 0 Å². The van der Waals surface area contributed by atoms with Gasteiger partial charge in [-0.15, -0.1) is 0 Å². The van der Waals surface area contributed by atoms with Crippen LogP contribution >= 0.6 is 0 Å². The van der Waals surface area contributed by atoms with Crippen molar-refractivity contribution in [3.05, 3.63) is 35.4 Å². The van der Waals surface area contributed by atoms with Crippen LogP contribution in [0.5, 0.6) is 0 Å². The SMILES string of the molecule is C=Cc1c(N(CCCC)CCCC)ccc(C)c1C. The molecule has 0 heterocycles. The van der Waals surface area contributed by atoms with Crippen LogP contribution < -0.4 is 4.90 Å². The van der Waals surface area contributed by atoms with E-state index in [4.69, 9.17) is 0 Å². The van der Waals surface area contributed by atoms with Gasteiger partial charge in [0.15, 0.2) is 0 Å². The van der Waals surface area contributed by atoms with Crippen LogP contribution in [0.3, 0.4) is 0 Å². The van der Waals surface area contributed by atoms with Crippen molar-refractivity contribution in [3.8, 4) is 0 Å². The molecule has 0 unspecified atom stereocenters. The first-order valence-corrected chi connectivity index (χ1v) is 7.63. The van der Waals surface area contributed by atoms with Gasteiger partial charge in [-0.2, -0.15) is 0 Å². The molecule has 0 atom stereocenters. The van der Waals surface area contributed by atoms with Crippen LogP contribution in [0, 0.1) is 13.8 Å². The van der Waals surface area contributed by atoms with Crippen molar-refractivity contribution in [1.82, 2.24) is 0 Å². The Morgan fingerprint density at radius 2 is 1.63 bits per heavy atom. The molecule has 0 saturated carbocycles. The molecule has 1 heteroatoms. The van der Waals surface area contributed by atoms with Crippen LogP contribution in [0.15, 0.2) is 18.7 Å². The van der Waals surface area contributed by atoms with Gasteiger partial charge in [0, 0.05) is 24.3 Å². The lowest BCUT2D eigenvalue weighted by atomic mass is 10.00. The summed E-state index contributed by atoms with van der Waals surface area (Å²) in [4.78, 5) is 2.54. The quantitative estimate of drug-likeness (QED) is 0.608. The third-order valence-electron chi connectivity index (χ3n) is 3.87. The summed E-state index contributed by atoms with van der Waals surface area (Å²) in [7, 11) is 0. The zero-order chi connectivity index (χ0) is 14.3. The Hall–Kier alpha value is -1.24. The number of hydrogen-bond donors (Lipinski definition) is 0. The van der Waals surface area contributed by atoms with Crippen molar-refractivity contribution in [3.63, 3.8) is 0 Å². The molecule has 0 amide bonds. The van der Waals surface area contributed by atoms with Gasteiger partial charge >= 0.3 is 0 Å². The Kier molecular flexibility index (Phi) is 6.69. The van der Waals surface area contributed by atoms with E-state index >= 15 is 0 Å². The molecule has 1 aromatic rings. The maximum absolute atomic E-state index is 4.01. The van der Waals surface area contributed by atoms with Crippen LogP contribution in [-0.4, -0.2) is 13.1 Å². The molecule has 0 N–H and O–H groups in total. The van der Waals surface area contributed by atoms with E-state index in [1.807, 2.05) is 6.08 Å². The van der Waals surface area contributed by atoms with E-state index in [1.165, 1.54) is 48.1 Å². The molecule has 0 bridgehead atoms. The number of rotatable bonds is 8. The molecule has 0 aliphatic carbocycles. The largest absolute Gasteiger partial charge is 0.371 e. The summed E-state index contributed by atoms with van der Waals surface area (Å²) in [5, 5.41) is 0. The van der Waals surface area contributed by atoms with E-state index in [0.717, 1.165) is 13.1 Å². The zero-order valence-electron chi connectivity index (χ0n) is 13.1. The minimum Gasteiger partial charge on any atom is -0.371 e. The first-order chi connectivity index (χ1) is 9.15. The van der Waals surface area contributed by atoms with Gasteiger partial charge in [0.25, 0.3) is 0 Å². The Morgan fingerprint density at radius 1 is 1.05 bits per heavy atom. The van der Waals surface area contributed by atoms with Gasteiger partial charge in [-0.3, -0.25) is 0 Å². The number of hydrogen-bond acceptors (Lipinski definition) is 1. The third kappa shape index (κ3) is 4.12. The smallest absolute Gasteiger partial charge is 0.0442 e. The van der Waals surface area contributed by atoms with Crippen LogP contribution in [0.2, 0.25) is 0 Å². The lowest BCUT2D eigenvalue weighted by Crippen LogP contribution is -2.26. The first kappa shape index (κ1) is 15.8. The average molecular weight is 259 g/mol. The zero-order valence-corrected chi connectivity index (χ0v) is 13.1. The Bertz CT molecular complexity index is 398. The highest BCUT2D eigenvalue weighted by molar-refractivity contribution is 5.71. The number of aryl methyl sites for hydroxylation is 1. The van der Waals surface area contributed by atoms with Crippen molar-refractivity contribution in [2.45, 2.75) is 53.4 Å². The van der Waals surface area contributed by atoms with Crippen molar-refractivity contribution >= 4 is 11.8 Å². The molecule has 0 spiro atoms. The summed E-state index contributed by atoms with van der Waals surface area (Å²) in [6.45, 7) is 15.2. The molecule has 106 valence electrons. The minimum atomic E-state index is 1.15. The first-order valence-electron chi connectivity index (χ1n) is 7.63. The fourth-order valence-electron chi connectivity index (χ4n) is 2.41. The predicted octanol–water partition coefficient (Wildman–Crippen LogP) is 5.35. The maximum atomic E-state index is 4.01. The molecule has 0 aliphatic rings. The Morgan fingerprint density at radius 3 is 2.11 bits per heavy atom. The van der Waals surface area contributed by atoms with Crippen LogP contribution in [0.25, 0.3) is 6.08 Å². The molecular weight excluding hydrogens is 230 g/mol. The fourth-order valence-corrected chi connectivity index (χ4v) is 2.41. The minimum absolute atomic E-state index is 1.15. The van der Waals surface area contributed by atoms with Gasteiger partial charge in [0.1, 0.15) is 0 Å². The second-order valence-corrected chi connectivity index (χ2v) is 5.34. The molecule has 0 fully saturated rings. The molecule has 1 aromatic carbocycles. The summed E-state index contributed by atoms with van der Waals surface area (Å²) in [5.41, 5.74) is 5.39. The molecule has 1 nitrogen and oxygen atoms in total. The van der Waals surface area contributed by atoms with Crippen molar-refractivity contribution in [2.75, 3.05) is 18.0 Å². The number of nitrogens with zero attached hydrogens (tertiary/aromatic N) is 1. The van der Waals surface area contributed by atoms with Gasteiger partial charge in [0.2, 0.25) is 0 Å². The summed E-state index contributed by atoms with van der Waals surface area (Å²) < 4.78 is 0. The Balaban J connectivity index is 3.06. The summed E-state index contributed by atoms with van der Waals surface area (Å²) in [6, 6.07) is 4.51. The summed E-state index contributed by atoms with van der Waals surface area (Å²) in [6.07, 6.45) is 7.02. The van der Waals surface area contributed by atoms with Crippen molar-refractivity contribution in [1.29, 1.82) is 0 Å².